The molecule has 0 bridgehead atoms. The second-order valence-electron chi connectivity index (χ2n) is 6.62. The summed E-state index contributed by atoms with van der Waals surface area (Å²) in [5.74, 6) is 0.755. The number of aliphatic imine (C=N–C) groups is 1. The molecule has 1 N–H and O–H groups in total. The zero-order valence-electron chi connectivity index (χ0n) is 16.4. The van der Waals surface area contributed by atoms with E-state index in [0.717, 1.165) is 13.0 Å². The molecule has 1 aromatic rings. The standard InChI is InChI=1S/C17H30N4O3S2.HI/c1-14-12-21(13-15(2)24-14)26(22,23)11-8-19-17(18-3)20(4)9-7-16-6-5-10-25-16;/h5-6,10,14-15H,7-9,11-13H2,1-4H3,(H,18,19);1H. The first-order valence-corrected chi connectivity index (χ1v) is 11.4. The van der Waals surface area contributed by atoms with Crippen LogP contribution in [0.2, 0.25) is 0 Å². The van der Waals surface area contributed by atoms with E-state index >= 15 is 0 Å². The predicted molar refractivity (Wildman–Crippen MR) is 123 cm³/mol. The van der Waals surface area contributed by atoms with Crippen LogP contribution < -0.4 is 5.32 Å². The maximum atomic E-state index is 12.6. The van der Waals surface area contributed by atoms with Crippen molar-refractivity contribution in [3.05, 3.63) is 22.4 Å². The van der Waals surface area contributed by atoms with Crippen molar-refractivity contribution in [3.8, 4) is 0 Å². The number of hydrogen-bond donors (Lipinski definition) is 1. The van der Waals surface area contributed by atoms with Gasteiger partial charge in [-0.05, 0) is 31.7 Å². The molecule has 1 saturated heterocycles. The van der Waals surface area contributed by atoms with Gasteiger partial charge in [-0.1, -0.05) is 6.07 Å². The lowest BCUT2D eigenvalue weighted by molar-refractivity contribution is -0.0440. The summed E-state index contributed by atoms with van der Waals surface area (Å²) in [6.45, 7) is 5.80. The molecule has 0 aliphatic carbocycles. The number of likely N-dealkylation sites (N-methyl/N-ethyl adjacent to an activating group) is 1. The lowest BCUT2D eigenvalue weighted by atomic mass is 10.3. The summed E-state index contributed by atoms with van der Waals surface area (Å²) in [6.07, 6.45) is 0.798. The Morgan fingerprint density at radius 2 is 2.07 bits per heavy atom. The zero-order chi connectivity index (χ0) is 19.2. The van der Waals surface area contributed by atoms with E-state index in [0.29, 0.717) is 25.6 Å². The van der Waals surface area contributed by atoms with Crippen LogP contribution in [0.1, 0.15) is 18.7 Å². The van der Waals surface area contributed by atoms with Gasteiger partial charge in [0.2, 0.25) is 10.0 Å². The summed E-state index contributed by atoms with van der Waals surface area (Å²) in [5.41, 5.74) is 0. The number of ether oxygens (including phenoxy) is 1. The van der Waals surface area contributed by atoms with Crippen LogP contribution in [-0.4, -0.2) is 81.8 Å². The van der Waals surface area contributed by atoms with E-state index in [1.807, 2.05) is 31.9 Å². The minimum atomic E-state index is -3.31. The third-order valence-corrected chi connectivity index (χ3v) is 7.01. The average Bonchev–Trinajstić information content (AvgIpc) is 3.09. The fourth-order valence-corrected chi connectivity index (χ4v) is 5.19. The maximum absolute atomic E-state index is 12.6. The van der Waals surface area contributed by atoms with Crippen LogP contribution in [-0.2, 0) is 21.2 Å². The molecule has 27 heavy (non-hydrogen) atoms. The van der Waals surface area contributed by atoms with E-state index < -0.39 is 10.0 Å². The van der Waals surface area contributed by atoms with Crippen molar-refractivity contribution in [2.75, 3.05) is 46.0 Å². The first-order chi connectivity index (χ1) is 12.3. The van der Waals surface area contributed by atoms with Gasteiger partial charge in [-0.2, -0.15) is 4.31 Å². The molecule has 1 aliphatic rings. The highest BCUT2D eigenvalue weighted by atomic mass is 127. The summed E-state index contributed by atoms with van der Waals surface area (Å²) in [5, 5.41) is 5.23. The van der Waals surface area contributed by atoms with E-state index in [4.69, 9.17) is 4.74 Å². The summed E-state index contributed by atoms with van der Waals surface area (Å²) in [4.78, 5) is 7.59. The molecule has 2 unspecified atom stereocenters. The van der Waals surface area contributed by atoms with Gasteiger partial charge in [0, 0.05) is 45.2 Å². The van der Waals surface area contributed by atoms with Gasteiger partial charge in [-0.3, -0.25) is 4.99 Å². The zero-order valence-corrected chi connectivity index (χ0v) is 20.4. The van der Waals surface area contributed by atoms with Gasteiger partial charge in [0.05, 0.1) is 18.0 Å². The third-order valence-electron chi connectivity index (χ3n) is 4.27. The fraction of sp³-hybridized carbons (Fsp3) is 0.706. The molecular formula is C17H31IN4O3S2. The highest BCUT2D eigenvalue weighted by molar-refractivity contribution is 14.0. The van der Waals surface area contributed by atoms with Crippen molar-refractivity contribution < 1.29 is 13.2 Å². The Labute approximate surface area is 184 Å². The second-order valence-corrected chi connectivity index (χ2v) is 9.74. The van der Waals surface area contributed by atoms with Crippen molar-refractivity contribution in [1.29, 1.82) is 0 Å². The highest BCUT2D eigenvalue weighted by Gasteiger charge is 2.30. The molecule has 0 amide bonds. The number of sulfonamides is 1. The first kappa shape index (κ1) is 24.6. The largest absolute Gasteiger partial charge is 0.373 e. The van der Waals surface area contributed by atoms with Crippen molar-refractivity contribution >= 4 is 51.3 Å². The van der Waals surface area contributed by atoms with E-state index in [1.54, 1.807) is 18.4 Å². The summed E-state index contributed by atoms with van der Waals surface area (Å²) < 4.78 is 32.3. The van der Waals surface area contributed by atoms with Gasteiger partial charge in [0.25, 0.3) is 0 Å². The van der Waals surface area contributed by atoms with Crippen molar-refractivity contribution in [2.24, 2.45) is 4.99 Å². The van der Waals surface area contributed by atoms with Crippen LogP contribution in [0.4, 0.5) is 0 Å². The SMILES string of the molecule is CN=C(NCCS(=O)(=O)N1CC(C)OC(C)C1)N(C)CCc1cccs1.I. The van der Waals surface area contributed by atoms with Gasteiger partial charge >= 0.3 is 0 Å². The van der Waals surface area contributed by atoms with Crippen LogP contribution in [0.3, 0.4) is 0 Å². The molecule has 0 radical (unpaired) electrons. The van der Waals surface area contributed by atoms with Crippen molar-refractivity contribution in [2.45, 2.75) is 32.5 Å². The number of morpholine rings is 1. The lowest BCUT2D eigenvalue weighted by Gasteiger charge is -2.34. The molecule has 1 aromatic heterocycles. The Bertz CT molecular complexity index is 672. The Hall–Kier alpha value is -0.430. The molecule has 1 aliphatic heterocycles. The second kappa shape index (κ2) is 11.5. The Balaban J connectivity index is 0.00000364. The predicted octanol–water partition coefficient (Wildman–Crippen LogP) is 1.85. The molecule has 10 heteroatoms. The summed E-state index contributed by atoms with van der Waals surface area (Å²) >= 11 is 1.74. The van der Waals surface area contributed by atoms with E-state index in [-0.39, 0.29) is 41.9 Å². The fourth-order valence-electron chi connectivity index (χ4n) is 3.00. The van der Waals surface area contributed by atoms with Gasteiger partial charge in [0.1, 0.15) is 0 Å². The molecule has 1 fully saturated rings. The van der Waals surface area contributed by atoms with Gasteiger partial charge in [-0.15, -0.1) is 35.3 Å². The highest BCUT2D eigenvalue weighted by Crippen LogP contribution is 2.14. The van der Waals surface area contributed by atoms with Crippen LogP contribution in [0.25, 0.3) is 0 Å². The first-order valence-electron chi connectivity index (χ1n) is 8.89. The normalized spacial score (nSPS) is 21.6. The molecule has 2 rings (SSSR count). The molecular weight excluding hydrogens is 499 g/mol. The van der Waals surface area contributed by atoms with Crippen LogP contribution in [0.15, 0.2) is 22.5 Å². The number of guanidine groups is 1. The topological polar surface area (TPSA) is 74.2 Å². The van der Waals surface area contributed by atoms with Gasteiger partial charge in [0.15, 0.2) is 5.96 Å². The number of rotatable bonds is 7. The number of hydrogen-bond acceptors (Lipinski definition) is 5. The smallest absolute Gasteiger partial charge is 0.216 e. The minimum absolute atomic E-state index is 0. The Morgan fingerprint density at radius 3 is 2.63 bits per heavy atom. The number of nitrogens with one attached hydrogen (secondary N) is 1. The van der Waals surface area contributed by atoms with Crippen molar-refractivity contribution in [3.63, 3.8) is 0 Å². The number of nitrogens with zero attached hydrogens (tertiary/aromatic N) is 3. The Kier molecular flexibility index (Phi) is 10.5. The molecule has 2 atom stereocenters. The average molecular weight is 530 g/mol. The van der Waals surface area contributed by atoms with E-state index in [9.17, 15) is 8.42 Å². The monoisotopic (exact) mass is 530 g/mol. The Morgan fingerprint density at radius 1 is 1.41 bits per heavy atom. The number of thiophene rings is 1. The number of halogens is 1. The lowest BCUT2D eigenvalue weighted by Crippen LogP contribution is -2.50. The molecule has 156 valence electrons. The van der Waals surface area contributed by atoms with Crippen LogP contribution in [0, 0.1) is 0 Å². The third kappa shape index (κ3) is 7.84. The van der Waals surface area contributed by atoms with Crippen molar-refractivity contribution in [1.82, 2.24) is 14.5 Å². The molecule has 0 aromatic carbocycles. The van der Waals surface area contributed by atoms with E-state index in [1.165, 1.54) is 9.18 Å². The summed E-state index contributed by atoms with van der Waals surface area (Å²) in [7, 11) is 0.366. The van der Waals surface area contributed by atoms with Gasteiger partial charge < -0.3 is 15.0 Å². The quantitative estimate of drug-likeness (QED) is 0.331. The maximum Gasteiger partial charge on any atom is 0.216 e. The molecule has 0 spiro atoms. The molecule has 0 saturated carbocycles. The van der Waals surface area contributed by atoms with E-state index in [2.05, 4.69) is 21.8 Å². The van der Waals surface area contributed by atoms with Crippen LogP contribution >= 0.6 is 35.3 Å². The summed E-state index contributed by atoms with van der Waals surface area (Å²) in [6, 6.07) is 4.16. The van der Waals surface area contributed by atoms with Gasteiger partial charge in [-0.25, -0.2) is 8.42 Å². The van der Waals surface area contributed by atoms with Crippen LogP contribution in [0.5, 0.6) is 0 Å². The minimum Gasteiger partial charge on any atom is -0.373 e. The molecule has 2 heterocycles. The molecule has 7 nitrogen and oxygen atoms in total.